The van der Waals surface area contributed by atoms with Gasteiger partial charge in [-0.1, -0.05) is 24.6 Å². The summed E-state index contributed by atoms with van der Waals surface area (Å²) in [5.74, 6) is 0. The van der Waals surface area contributed by atoms with Gasteiger partial charge in [0.15, 0.2) is 0 Å². The molecule has 0 N–H and O–H groups in total. The molecule has 60 valence electrons. The van der Waals surface area contributed by atoms with Crippen molar-refractivity contribution in [1.82, 2.24) is 0 Å². The van der Waals surface area contributed by atoms with Crippen LogP contribution in [0.15, 0.2) is 24.3 Å². The van der Waals surface area contributed by atoms with Crippen molar-refractivity contribution >= 4 is 5.69 Å². The summed E-state index contributed by atoms with van der Waals surface area (Å²) in [6.45, 7) is 0.994. The molecule has 1 nitrogen and oxygen atoms in total. The Morgan fingerprint density at radius 2 is 2.17 bits per heavy atom. The summed E-state index contributed by atoms with van der Waals surface area (Å²) in [5.41, 5.74) is 2.59. The van der Waals surface area contributed by atoms with Gasteiger partial charge >= 0.3 is 0 Å². The van der Waals surface area contributed by atoms with Crippen LogP contribution < -0.4 is 4.90 Å². The molecule has 0 amide bonds. The summed E-state index contributed by atoms with van der Waals surface area (Å²) in [4.78, 5) is 1.98. The van der Waals surface area contributed by atoms with Gasteiger partial charge in [-0.25, -0.2) is 0 Å². The van der Waals surface area contributed by atoms with E-state index in [9.17, 15) is 0 Å². The van der Waals surface area contributed by atoms with Gasteiger partial charge in [0.25, 0.3) is 0 Å². The topological polar surface area (TPSA) is 3.24 Å². The fourth-order valence-corrected chi connectivity index (χ4v) is 1.67. The maximum atomic E-state index is 5.39. The van der Waals surface area contributed by atoms with E-state index in [-0.39, 0.29) is 0 Å². The van der Waals surface area contributed by atoms with Crippen molar-refractivity contribution in [3.63, 3.8) is 0 Å². The van der Waals surface area contributed by atoms with Crippen LogP contribution in [-0.4, -0.2) is 6.54 Å². The monoisotopic (exact) mass is 157 g/mol. The molecule has 0 bridgehead atoms. The quantitative estimate of drug-likeness (QED) is 0.521. The number of anilines is 1. The molecule has 1 aliphatic rings. The number of para-hydroxylation sites is 1. The predicted molar refractivity (Wildman–Crippen MR) is 50.9 cm³/mol. The van der Waals surface area contributed by atoms with Crippen molar-refractivity contribution < 1.29 is 0 Å². The zero-order valence-electron chi connectivity index (χ0n) is 6.96. The summed E-state index contributed by atoms with van der Waals surface area (Å²) in [7, 11) is 0. The van der Waals surface area contributed by atoms with Crippen molar-refractivity contribution in [3.05, 3.63) is 29.8 Å². The average molecular weight is 157 g/mol. The molecule has 0 saturated heterocycles. The number of hydrogen-bond donors (Lipinski definition) is 0. The fourth-order valence-electron chi connectivity index (χ4n) is 1.67. The molecular formula is C11H11N. The normalized spacial score (nSPS) is 15.1. The van der Waals surface area contributed by atoms with Gasteiger partial charge in [0.2, 0.25) is 0 Å². The number of hydrogen-bond acceptors (Lipinski definition) is 1. The first-order valence-electron chi connectivity index (χ1n) is 4.23. The molecule has 12 heavy (non-hydrogen) atoms. The van der Waals surface area contributed by atoms with Gasteiger partial charge < -0.3 is 4.90 Å². The van der Waals surface area contributed by atoms with E-state index in [2.05, 4.69) is 24.2 Å². The van der Waals surface area contributed by atoms with E-state index in [4.69, 9.17) is 6.42 Å². The second kappa shape index (κ2) is 2.91. The first-order chi connectivity index (χ1) is 5.92. The Kier molecular flexibility index (Phi) is 1.75. The number of terminal acetylenes is 1. The van der Waals surface area contributed by atoms with Crippen molar-refractivity contribution in [2.24, 2.45) is 0 Å². The molecule has 1 heterocycles. The van der Waals surface area contributed by atoms with Crippen LogP contribution in [0, 0.1) is 12.5 Å². The maximum Gasteiger partial charge on any atom is 0.0520 e. The van der Waals surface area contributed by atoms with Crippen LogP contribution in [0.1, 0.15) is 12.0 Å². The highest BCUT2D eigenvalue weighted by Gasteiger charge is 2.13. The van der Waals surface area contributed by atoms with E-state index in [0.717, 1.165) is 13.0 Å². The van der Waals surface area contributed by atoms with Crippen LogP contribution in [0.3, 0.4) is 0 Å². The van der Waals surface area contributed by atoms with E-state index < -0.39 is 0 Å². The highest BCUT2D eigenvalue weighted by molar-refractivity contribution is 5.58. The molecule has 0 fully saturated rings. The Hall–Kier alpha value is -1.42. The largest absolute Gasteiger partial charge is 0.301 e. The molecule has 1 aromatic carbocycles. The third-order valence-corrected chi connectivity index (χ3v) is 2.27. The van der Waals surface area contributed by atoms with E-state index >= 15 is 0 Å². The first-order valence-corrected chi connectivity index (χ1v) is 4.23. The lowest BCUT2D eigenvalue weighted by Gasteiger charge is -2.25. The lowest BCUT2D eigenvalue weighted by Crippen LogP contribution is -2.23. The molecule has 1 aromatic rings. The van der Waals surface area contributed by atoms with Crippen LogP contribution in [0.5, 0.6) is 0 Å². The van der Waals surface area contributed by atoms with Crippen molar-refractivity contribution in [2.75, 3.05) is 11.4 Å². The van der Waals surface area contributed by atoms with Gasteiger partial charge in [0.1, 0.15) is 0 Å². The van der Waals surface area contributed by atoms with E-state index in [0.29, 0.717) is 0 Å². The van der Waals surface area contributed by atoms with Gasteiger partial charge in [-0.05, 0) is 24.5 Å². The predicted octanol–water partition coefficient (Wildman–Crippen LogP) is 2.03. The number of fused-ring (bicyclic) bond motifs is 1. The summed E-state index contributed by atoms with van der Waals surface area (Å²) in [6, 6.07) is 11.0. The highest BCUT2D eigenvalue weighted by Crippen LogP contribution is 2.25. The molecule has 0 aromatic heterocycles. The number of aryl methyl sites for hydroxylation is 1. The van der Waals surface area contributed by atoms with Crippen LogP contribution in [0.4, 0.5) is 5.69 Å². The van der Waals surface area contributed by atoms with E-state index in [1.54, 1.807) is 0 Å². The fraction of sp³-hybridized carbons (Fsp3) is 0.273. The minimum absolute atomic E-state index is 0.994. The van der Waals surface area contributed by atoms with E-state index in [1.807, 2.05) is 11.0 Å². The van der Waals surface area contributed by atoms with Crippen molar-refractivity contribution in [1.29, 1.82) is 0 Å². The zero-order valence-corrected chi connectivity index (χ0v) is 6.96. The standard InChI is InChI=1S/C11H11N/c1-2-12-9-5-7-10-6-3-4-8-11(10)12/h1,3-4,6,8H,5,7,9H2. The minimum Gasteiger partial charge on any atom is -0.301 e. The molecule has 2 rings (SSSR count). The summed E-state index contributed by atoms with van der Waals surface area (Å²) in [6.07, 6.45) is 7.72. The number of nitrogens with zero attached hydrogens (tertiary/aromatic N) is 1. The molecule has 0 atom stereocenters. The van der Waals surface area contributed by atoms with Gasteiger partial charge in [-0.2, -0.15) is 0 Å². The zero-order chi connectivity index (χ0) is 8.39. The number of benzene rings is 1. The summed E-state index contributed by atoms with van der Waals surface area (Å²) < 4.78 is 0. The molecule has 1 aliphatic heterocycles. The Balaban J connectivity index is 2.45. The van der Waals surface area contributed by atoms with Gasteiger partial charge in [-0.15, -0.1) is 0 Å². The third kappa shape index (κ3) is 1.06. The Morgan fingerprint density at radius 3 is 3.00 bits per heavy atom. The van der Waals surface area contributed by atoms with Crippen molar-refractivity contribution in [3.8, 4) is 12.5 Å². The van der Waals surface area contributed by atoms with Gasteiger partial charge in [-0.3, -0.25) is 0 Å². The molecule has 1 heteroatoms. The lowest BCUT2D eigenvalue weighted by molar-refractivity contribution is 0.772. The van der Waals surface area contributed by atoms with Crippen molar-refractivity contribution in [2.45, 2.75) is 12.8 Å². The first kappa shape index (κ1) is 7.24. The SMILES string of the molecule is C#CN1CCCc2ccccc21. The lowest BCUT2D eigenvalue weighted by atomic mass is 10.0. The molecule has 0 radical (unpaired) electrons. The highest BCUT2D eigenvalue weighted by atomic mass is 15.1. The third-order valence-electron chi connectivity index (χ3n) is 2.27. The second-order valence-corrected chi connectivity index (χ2v) is 3.01. The van der Waals surface area contributed by atoms with E-state index in [1.165, 1.54) is 17.7 Å². The Morgan fingerprint density at radius 1 is 1.33 bits per heavy atom. The smallest absolute Gasteiger partial charge is 0.0520 e. The number of rotatable bonds is 0. The average Bonchev–Trinajstić information content (AvgIpc) is 2.17. The minimum atomic E-state index is 0.994. The second-order valence-electron chi connectivity index (χ2n) is 3.01. The van der Waals surface area contributed by atoms with Crippen LogP contribution >= 0.6 is 0 Å². The molecule has 0 aliphatic carbocycles. The molecular weight excluding hydrogens is 146 g/mol. The van der Waals surface area contributed by atoms with Gasteiger partial charge in [0, 0.05) is 12.6 Å². The molecule has 0 unspecified atom stereocenters. The maximum absolute atomic E-state index is 5.39. The Labute approximate surface area is 73.0 Å². The van der Waals surface area contributed by atoms with Crippen LogP contribution in [0.25, 0.3) is 0 Å². The molecule has 0 spiro atoms. The summed E-state index contributed by atoms with van der Waals surface area (Å²) in [5, 5.41) is 0. The van der Waals surface area contributed by atoms with Crippen LogP contribution in [-0.2, 0) is 6.42 Å². The van der Waals surface area contributed by atoms with Gasteiger partial charge in [0.05, 0.1) is 5.69 Å². The summed E-state index contributed by atoms with van der Waals surface area (Å²) >= 11 is 0. The Bertz CT molecular complexity index is 322. The molecule has 0 saturated carbocycles. The van der Waals surface area contributed by atoms with Crippen LogP contribution in [0.2, 0.25) is 0 Å².